The minimum atomic E-state index is -0.881. The highest BCUT2D eigenvalue weighted by Gasteiger charge is 2.46. The highest BCUT2D eigenvalue weighted by Crippen LogP contribution is 2.48. The van der Waals surface area contributed by atoms with Crippen LogP contribution in [0.5, 0.6) is 11.5 Å². The Morgan fingerprint density at radius 3 is 2.63 bits per heavy atom. The second-order valence-corrected chi connectivity index (χ2v) is 6.72. The standard InChI is InChI=1S/C13H17NO4S/c1-13(2)10(12(16)17)14-11(19-13)8-5-4-7(18-3)6-9(8)15/h4-6,10-11,14-15H,1-3H3,(H,16,17). The van der Waals surface area contributed by atoms with Gasteiger partial charge in [-0.1, -0.05) is 0 Å². The molecule has 0 saturated carbocycles. The molecule has 1 aromatic rings. The van der Waals surface area contributed by atoms with Crippen molar-refractivity contribution >= 4 is 17.7 Å². The first kappa shape index (κ1) is 14.0. The van der Waals surface area contributed by atoms with Crippen LogP contribution in [0, 0.1) is 0 Å². The molecule has 1 aliphatic heterocycles. The number of carboxylic acid groups (broad SMARTS) is 1. The number of carbonyl (C=O) groups is 1. The van der Waals surface area contributed by atoms with Crippen LogP contribution in [-0.2, 0) is 4.79 Å². The van der Waals surface area contributed by atoms with E-state index in [4.69, 9.17) is 4.74 Å². The third-order valence-electron chi connectivity index (χ3n) is 3.20. The van der Waals surface area contributed by atoms with Crippen molar-refractivity contribution in [3.05, 3.63) is 23.8 Å². The Labute approximate surface area is 116 Å². The number of benzene rings is 1. The van der Waals surface area contributed by atoms with E-state index >= 15 is 0 Å². The van der Waals surface area contributed by atoms with Crippen LogP contribution < -0.4 is 10.1 Å². The highest BCUT2D eigenvalue weighted by atomic mass is 32.2. The summed E-state index contributed by atoms with van der Waals surface area (Å²) in [4.78, 5) is 11.2. The highest BCUT2D eigenvalue weighted by molar-refractivity contribution is 8.01. The van der Waals surface area contributed by atoms with E-state index < -0.39 is 16.8 Å². The zero-order chi connectivity index (χ0) is 14.2. The molecule has 1 fully saturated rings. The van der Waals surface area contributed by atoms with Gasteiger partial charge < -0.3 is 14.9 Å². The van der Waals surface area contributed by atoms with Crippen molar-refractivity contribution in [2.75, 3.05) is 7.11 Å². The van der Waals surface area contributed by atoms with Crippen molar-refractivity contribution in [2.24, 2.45) is 0 Å². The van der Waals surface area contributed by atoms with Crippen LogP contribution >= 0.6 is 11.8 Å². The Kier molecular flexibility index (Phi) is 3.64. The van der Waals surface area contributed by atoms with E-state index in [9.17, 15) is 15.0 Å². The number of aliphatic carboxylic acids is 1. The van der Waals surface area contributed by atoms with Gasteiger partial charge in [-0.3, -0.25) is 10.1 Å². The summed E-state index contributed by atoms with van der Waals surface area (Å²) in [6.45, 7) is 3.76. The van der Waals surface area contributed by atoms with Crippen molar-refractivity contribution in [3.63, 3.8) is 0 Å². The van der Waals surface area contributed by atoms with Crippen molar-refractivity contribution in [1.82, 2.24) is 5.32 Å². The van der Waals surface area contributed by atoms with Gasteiger partial charge in [0, 0.05) is 16.4 Å². The van der Waals surface area contributed by atoms with E-state index in [-0.39, 0.29) is 11.1 Å². The molecule has 5 nitrogen and oxygen atoms in total. The molecule has 2 unspecified atom stereocenters. The summed E-state index contributed by atoms with van der Waals surface area (Å²) in [7, 11) is 1.53. The van der Waals surface area contributed by atoms with Crippen molar-refractivity contribution < 1.29 is 19.7 Å². The maximum Gasteiger partial charge on any atom is 0.322 e. The third kappa shape index (κ3) is 2.64. The fourth-order valence-corrected chi connectivity index (χ4v) is 3.59. The first-order chi connectivity index (χ1) is 8.85. The lowest BCUT2D eigenvalue weighted by Gasteiger charge is -2.20. The number of nitrogens with one attached hydrogen (secondary N) is 1. The minimum Gasteiger partial charge on any atom is -0.507 e. The van der Waals surface area contributed by atoms with Gasteiger partial charge in [0.1, 0.15) is 17.5 Å². The van der Waals surface area contributed by atoms with Gasteiger partial charge in [0.05, 0.1) is 12.5 Å². The summed E-state index contributed by atoms with van der Waals surface area (Å²) in [5.74, 6) is -0.211. The maximum absolute atomic E-state index is 11.2. The largest absolute Gasteiger partial charge is 0.507 e. The van der Waals surface area contributed by atoms with Crippen molar-refractivity contribution in [2.45, 2.75) is 30.0 Å². The maximum atomic E-state index is 11.2. The van der Waals surface area contributed by atoms with Gasteiger partial charge in [-0.05, 0) is 26.0 Å². The zero-order valence-corrected chi connectivity index (χ0v) is 11.8. The fourth-order valence-electron chi connectivity index (χ4n) is 2.15. The van der Waals surface area contributed by atoms with Crippen molar-refractivity contribution in [3.8, 4) is 11.5 Å². The molecule has 0 bridgehead atoms. The van der Waals surface area contributed by atoms with Crippen molar-refractivity contribution in [1.29, 1.82) is 0 Å². The van der Waals surface area contributed by atoms with Gasteiger partial charge >= 0.3 is 5.97 Å². The summed E-state index contributed by atoms with van der Waals surface area (Å²) in [5.41, 5.74) is 0.669. The number of phenols is 1. The van der Waals surface area contributed by atoms with Crippen LogP contribution in [0.1, 0.15) is 24.8 Å². The first-order valence-electron chi connectivity index (χ1n) is 5.88. The molecular formula is C13H17NO4S. The summed E-state index contributed by atoms with van der Waals surface area (Å²) >= 11 is 1.49. The third-order valence-corrected chi connectivity index (χ3v) is 4.67. The summed E-state index contributed by atoms with van der Waals surface area (Å²) in [5, 5.41) is 22.0. The molecule has 19 heavy (non-hydrogen) atoms. The monoisotopic (exact) mass is 283 g/mol. The van der Waals surface area contributed by atoms with Gasteiger partial charge in [-0.15, -0.1) is 11.8 Å². The summed E-state index contributed by atoms with van der Waals surface area (Å²) in [6, 6.07) is 4.37. The van der Waals surface area contributed by atoms with Crippen LogP contribution in [-0.4, -0.2) is 34.1 Å². The van der Waals surface area contributed by atoms with Crippen LogP contribution in [0.3, 0.4) is 0 Å². The van der Waals surface area contributed by atoms with Crippen LogP contribution in [0.25, 0.3) is 0 Å². The molecule has 3 N–H and O–H groups in total. The lowest BCUT2D eigenvalue weighted by atomic mass is 10.0. The molecule has 0 spiro atoms. The van der Waals surface area contributed by atoms with Gasteiger partial charge in [0.15, 0.2) is 0 Å². The molecule has 1 aliphatic rings. The number of rotatable bonds is 3. The normalized spacial score (nSPS) is 25.2. The number of carboxylic acids is 1. The number of thioether (sulfide) groups is 1. The van der Waals surface area contributed by atoms with Gasteiger partial charge in [0.2, 0.25) is 0 Å². The molecule has 2 rings (SSSR count). The SMILES string of the molecule is COc1ccc(C2NC(C(=O)O)C(C)(C)S2)c(O)c1. The number of ether oxygens (including phenoxy) is 1. The Bertz CT molecular complexity index is 503. The second kappa shape index (κ2) is 4.94. The fraction of sp³-hybridized carbons (Fsp3) is 0.462. The average Bonchev–Trinajstić information content (AvgIpc) is 2.64. The Morgan fingerprint density at radius 2 is 2.16 bits per heavy atom. The molecule has 0 amide bonds. The van der Waals surface area contributed by atoms with Crippen LogP contribution in [0.4, 0.5) is 0 Å². The van der Waals surface area contributed by atoms with Crippen LogP contribution in [0.15, 0.2) is 18.2 Å². The molecule has 2 atom stereocenters. The van der Waals surface area contributed by atoms with E-state index in [1.807, 2.05) is 13.8 Å². The lowest BCUT2D eigenvalue weighted by Crippen LogP contribution is -2.43. The topological polar surface area (TPSA) is 78.8 Å². The lowest BCUT2D eigenvalue weighted by molar-refractivity contribution is -0.139. The van der Waals surface area contributed by atoms with E-state index in [1.165, 1.54) is 24.9 Å². The molecule has 1 aromatic carbocycles. The number of phenolic OH excluding ortho intramolecular Hbond substituents is 1. The number of hydrogen-bond donors (Lipinski definition) is 3. The van der Waals surface area contributed by atoms with E-state index in [0.29, 0.717) is 11.3 Å². The zero-order valence-electron chi connectivity index (χ0n) is 11.0. The smallest absolute Gasteiger partial charge is 0.322 e. The van der Waals surface area contributed by atoms with Crippen LogP contribution in [0.2, 0.25) is 0 Å². The predicted octanol–water partition coefficient (Wildman–Crippen LogP) is 1.97. The quantitative estimate of drug-likeness (QED) is 0.787. The Balaban J connectivity index is 2.27. The summed E-state index contributed by atoms with van der Waals surface area (Å²) < 4.78 is 4.59. The average molecular weight is 283 g/mol. The predicted molar refractivity (Wildman–Crippen MR) is 73.6 cm³/mol. The minimum absolute atomic E-state index is 0.103. The molecule has 6 heteroatoms. The van der Waals surface area contributed by atoms with Gasteiger partial charge in [-0.25, -0.2) is 0 Å². The van der Waals surface area contributed by atoms with E-state index in [1.54, 1.807) is 12.1 Å². The molecule has 1 saturated heterocycles. The molecule has 1 heterocycles. The van der Waals surface area contributed by atoms with E-state index in [2.05, 4.69) is 5.32 Å². The Morgan fingerprint density at radius 1 is 1.47 bits per heavy atom. The van der Waals surface area contributed by atoms with Gasteiger partial charge in [0.25, 0.3) is 0 Å². The number of aromatic hydroxyl groups is 1. The number of methoxy groups -OCH3 is 1. The number of hydrogen-bond acceptors (Lipinski definition) is 5. The van der Waals surface area contributed by atoms with Gasteiger partial charge in [-0.2, -0.15) is 0 Å². The van der Waals surface area contributed by atoms with E-state index in [0.717, 1.165) is 0 Å². The molecular weight excluding hydrogens is 266 g/mol. The Hall–Kier alpha value is -1.40. The second-order valence-electron chi connectivity index (χ2n) is 4.96. The molecule has 104 valence electrons. The molecule has 0 radical (unpaired) electrons. The molecule has 0 aliphatic carbocycles. The first-order valence-corrected chi connectivity index (χ1v) is 6.76. The summed E-state index contributed by atoms with van der Waals surface area (Å²) in [6.07, 6.45) is 0. The molecule has 0 aromatic heterocycles.